The van der Waals surface area contributed by atoms with Gasteiger partial charge in [-0.15, -0.1) is 0 Å². The maximum atomic E-state index is 11.0. The number of carbonyl (C=O) groups is 1. The molecule has 2 heterocycles. The van der Waals surface area contributed by atoms with Gasteiger partial charge in [0, 0.05) is 13.0 Å². The van der Waals surface area contributed by atoms with Crippen LogP contribution in [0.4, 0.5) is 0 Å². The third kappa shape index (κ3) is 2.48. The smallest absolute Gasteiger partial charge is 0.233 e. The zero-order chi connectivity index (χ0) is 12.3. The fraction of sp³-hybridized carbons (Fsp3) is 0.333. The van der Waals surface area contributed by atoms with Gasteiger partial charge in [-0.1, -0.05) is 12.2 Å². The molecule has 4 N–H and O–H groups in total. The molecule has 2 aromatic heterocycles. The van der Waals surface area contributed by atoms with Crippen molar-refractivity contribution in [2.75, 3.05) is 0 Å². The second-order valence-corrected chi connectivity index (χ2v) is 3.90. The van der Waals surface area contributed by atoms with Crippen molar-refractivity contribution >= 4 is 29.3 Å². The van der Waals surface area contributed by atoms with Crippen LogP contribution in [0.5, 0.6) is 0 Å². The van der Waals surface area contributed by atoms with E-state index in [2.05, 4.69) is 20.4 Å². The van der Waals surface area contributed by atoms with Crippen LogP contribution in [0.2, 0.25) is 0 Å². The molecule has 0 atom stereocenters. The molecule has 2 rings (SSSR count). The molecule has 2 aromatic rings. The summed E-state index contributed by atoms with van der Waals surface area (Å²) in [4.78, 5) is 22.1. The molecule has 0 aliphatic rings. The molecular weight excluding hydrogens is 240 g/mol. The van der Waals surface area contributed by atoms with E-state index in [0.717, 1.165) is 5.65 Å². The van der Waals surface area contributed by atoms with Crippen LogP contribution in [0.1, 0.15) is 12.8 Å². The van der Waals surface area contributed by atoms with E-state index in [1.807, 2.05) is 4.57 Å². The fourth-order valence-corrected chi connectivity index (χ4v) is 1.76. The first-order valence-corrected chi connectivity index (χ1v) is 5.51. The summed E-state index contributed by atoms with van der Waals surface area (Å²) < 4.78 is 2.37. The van der Waals surface area contributed by atoms with Gasteiger partial charge in [0.15, 0.2) is 4.64 Å². The lowest BCUT2D eigenvalue weighted by molar-refractivity contribution is -0.121. The molecule has 0 saturated carbocycles. The number of aryl methyl sites for hydroxylation is 1. The molecule has 90 valence electrons. The highest BCUT2D eigenvalue weighted by Crippen LogP contribution is 2.10. The van der Waals surface area contributed by atoms with Gasteiger partial charge in [0.1, 0.15) is 11.2 Å². The Morgan fingerprint density at radius 2 is 2.41 bits per heavy atom. The highest BCUT2D eigenvalue weighted by molar-refractivity contribution is 7.71. The average molecular weight is 252 g/mol. The second kappa shape index (κ2) is 5.02. The summed E-state index contributed by atoms with van der Waals surface area (Å²) in [6, 6.07) is 0. The maximum absolute atomic E-state index is 11.0. The van der Waals surface area contributed by atoms with Gasteiger partial charge in [-0.3, -0.25) is 10.2 Å². The Morgan fingerprint density at radius 1 is 1.59 bits per heavy atom. The summed E-state index contributed by atoms with van der Waals surface area (Å²) in [5.41, 5.74) is 3.58. The molecule has 8 heteroatoms. The minimum absolute atomic E-state index is 0.177. The van der Waals surface area contributed by atoms with Crippen LogP contribution in [0.3, 0.4) is 0 Å². The SMILES string of the molecule is NNC(=O)CCCn1cnc2c(=S)nc[nH]c21. The van der Waals surface area contributed by atoms with Gasteiger partial charge < -0.3 is 9.55 Å². The largest absolute Gasteiger partial charge is 0.331 e. The Balaban J connectivity index is 2.12. The standard InChI is InChI=1S/C9H12N6OS/c10-14-6(16)2-1-3-15-5-13-7-8(15)11-4-12-9(7)17/h4-5H,1-3,10H2,(H,14,16)(H,11,12,17). The highest BCUT2D eigenvalue weighted by atomic mass is 32.1. The molecule has 0 aliphatic carbocycles. The first-order valence-electron chi connectivity index (χ1n) is 5.10. The lowest BCUT2D eigenvalue weighted by Crippen LogP contribution is -2.29. The first kappa shape index (κ1) is 11.7. The van der Waals surface area contributed by atoms with Crippen LogP contribution in [0.25, 0.3) is 11.2 Å². The number of H-pyrrole nitrogens is 1. The van der Waals surface area contributed by atoms with Crippen molar-refractivity contribution in [3.05, 3.63) is 17.3 Å². The second-order valence-electron chi connectivity index (χ2n) is 3.51. The maximum Gasteiger partial charge on any atom is 0.233 e. The van der Waals surface area contributed by atoms with Gasteiger partial charge in [0.25, 0.3) is 0 Å². The summed E-state index contributed by atoms with van der Waals surface area (Å²) in [5.74, 6) is 4.82. The minimum Gasteiger partial charge on any atom is -0.331 e. The molecule has 0 radical (unpaired) electrons. The molecule has 7 nitrogen and oxygen atoms in total. The van der Waals surface area contributed by atoms with E-state index in [-0.39, 0.29) is 5.91 Å². The number of nitrogens with one attached hydrogen (secondary N) is 2. The lowest BCUT2D eigenvalue weighted by atomic mass is 10.3. The number of nitrogens with zero attached hydrogens (tertiary/aromatic N) is 3. The molecule has 0 bridgehead atoms. The Bertz CT molecular complexity index is 588. The predicted octanol–water partition coefficient (Wildman–Crippen LogP) is 0.259. The summed E-state index contributed by atoms with van der Waals surface area (Å²) in [6.07, 6.45) is 4.27. The molecule has 0 unspecified atom stereocenters. The number of aromatic amines is 1. The number of rotatable bonds is 4. The van der Waals surface area contributed by atoms with Crippen molar-refractivity contribution in [2.45, 2.75) is 19.4 Å². The van der Waals surface area contributed by atoms with Crippen molar-refractivity contribution in [1.82, 2.24) is 24.9 Å². The zero-order valence-corrected chi connectivity index (χ0v) is 9.83. The number of aromatic nitrogens is 4. The van der Waals surface area contributed by atoms with Crippen LogP contribution < -0.4 is 11.3 Å². The number of hydrogen-bond donors (Lipinski definition) is 3. The molecule has 0 spiro atoms. The van der Waals surface area contributed by atoms with Crippen molar-refractivity contribution in [2.24, 2.45) is 5.84 Å². The number of hydrazine groups is 1. The number of imidazole rings is 1. The van der Waals surface area contributed by atoms with Gasteiger partial charge in [0.2, 0.25) is 5.91 Å². The first-order chi connectivity index (χ1) is 8.22. The van der Waals surface area contributed by atoms with Crippen LogP contribution in [0, 0.1) is 4.64 Å². The zero-order valence-electron chi connectivity index (χ0n) is 9.01. The van der Waals surface area contributed by atoms with E-state index in [0.29, 0.717) is 29.5 Å². The number of amides is 1. The fourth-order valence-electron chi connectivity index (χ4n) is 1.55. The van der Waals surface area contributed by atoms with Crippen molar-refractivity contribution in [3.63, 3.8) is 0 Å². The summed E-state index contributed by atoms with van der Waals surface area (Å²) >= 11 is 5.05. The van der Waals surface area contributed by atoms with E-state index >= 15 is 0 Å². The number of fused-ring (bicyclic) bond motifs is 1. The monoisotopic (exact) mass is 252 g/mol. The van der Waals surface area contributed by atoms with E-state index in [9.17, 15) is 4.79 Å². The molecule has 0 fully saturated rings. The van der Waals surface area contributed by atoms with Crippen molar-refractivity contribution in [3.8, 4) is 0 Å². The van der Waals surface area contributed by atoms with Crippen LogP contribution >= 0.6 is 12.2 Å². The van der Waals surface area contributed by atoms with Gasteiger partial charge in [-0.2, -0.15) is 0 Å². The van der Waals surface area contributed by atoms with Gasteiger partial charge in [-0.25, -0.2) is 15.8 Å². The van der Waals surface area contributed by atoms with Gasteiger partial charge in [0.05, 0.1) is 12.7 Å². The normalized spacial score (nSPS) is 10.6. The van der Waals surface area contributed by atoms with Crippen molar-refractivity contribution in [1.29, 1.82) is 0 Å². The van der Waals surface area contributed by atoms with Gasteiger partial charge >= 0.3 is 0 Å². The number of nitrogens with two attached hydrogens (primary N) is 1. The van der Waals surface area contributed by atoms with Crippen LogP contribution in [-0.4, -0.2) is 25.4 Å². The summed E-state index contributed by atoms with van der Waals surface area (Å²) in [6.45, 7) is 0.666. The number of hydrogen-bond acceptors (Lipinski definition) is 5. The molecule has 0 aromatic carbocycles. The Hall–Kier alpha value is -1.80. The average Bonchev–Trinajstić information content (AvgIpc) is 2.74. The molecule has 0 aliphatic heterocycles. The minimum atomic E-state index is -0.177. The highest BCUT2D eigenvalue weighted by Gasteiger charge is 2.05. The topological polar surface area (TPSA) is 102 Å². The summed E-state index contributed by atoms with van der Waals surface area (Å²) in [5, 5.41) is 0. The summed E-state index contributed by atoms with van der Waals surface area (Å²) in [7, 11) is 0. The van der Waals surface area contributed by atoms with E-state index in [1.165, 1.54) is 6.33 Å². The Kier molecular flexibility index (Phi) is 3.45. The third-order valence-corrected chi connectivity index (χ3v) is 2.69. The Morgan fingerprint density at radius 3 is 3.18 bits per heavy atom. The molecule has 17 heavy (non-hydrogen) atoms. The lowest BCUT2D eigenvalue weighted by Gasteiger charge is -2.03. The van der Waals surface area contributed by atoms with Gasteiger partial charge in [-0.05, 0) is 6.42 Å². The molecule has 0 saturated heterocycles. The van der Waals surface area contributed by atoms with Crippen molar-refractivity contribution < 1.29 is 4.79 Å². The van der Waals surface area contributed by atoms with E-state index in [1.54, 1.807) is 6.33 Å². The third-order valence-electron chi connectivity index (χ3n) is 2.39. The Labute approximate surface area is 102 Å². The molecule has 1 amide bonds. The van der Waals surface area contributed by atoms with E-state index in [4.69, 9.17) is 18.1 Å². The van der Waals surface area contributed by atoms with Crippen LogP contribution in [-0.2, 0) is 11.3 Å². The quantitative estimate of drug-likeness (QED) is 0.313. The molecular formula is C9H12N6OS. The number of carbonyl (C=O) groups excluding carboxylic acids is 1. The predicted molar refractivity (Wildman–Crippen MR) is 64.3 cm³/mol. The van der Waals surface area contributed by atoms with E-state index < -0.39 is 0 Å². The van der Waals surface area contributed by atoms with Crippen LogP contribution in [0.15, 0.2) is 12.7 Å².